The standard InChI is InChI=1S/C24H26N6O2S/c25-12-17-19(15-6-7-15)18(13-26)23(33-20(21(28)31)16-4-2-1-3-5-16)29-22(17)30-10-8-24(32,14-27)9-11-30/h1-5,15,20,32H,6-11,14,27H2,(H2,28,31). The summed E-state index contributed by atoms with van der Waals surface area (Å²) in [6.07, 6.45) is 2.74. The van der Waals surface area contributed by atoms with Crippen molar-refractivity contribution >= 4 is 23.5 Å². The van der Waals surface area contributed by atoms with Crippen LogP contribution >= 0.6 is 11.8 Å². The predicted molar refractivity (Wildman–Crippen MR) is 125 cm³/mol. The highest BCUT2D eigenvalue weighted by Gasteiger charge is 2.37. The van der Waals surface area contributed by atoms with Gasteiger partial charge in [-0.25, -0.2) is 4.98 Å². The van der Waals surface area contributed by atoms with Gasteiger partial charge in [-0.2, -0.15) is 10.5 Å². The fourth-order valence-corrected chi connectivity index (χ4v) is 5.30. The van der Waals surface area contributed by atoms with Gasteiger partial charge in [0.05, 0.1) is 16.7 Å². The van der Waals surface area contributed by atoms with Crippen LogP contribution in [0.2, 0.25) is 0 Å². The highest BCUT2D eigenvalue weighted by atomic mass is 32.2. The van der Waals surface area contributed by atoms with E-state index in [1.54, 1.807) is 0 Å². The number of anilines is 1. The van der Waals surface area contributed by atoms with E-state index in [0.29, 0.717) is 53.5 Å². The number of nitriles is 2. The Kier molecular flexibility index (Phi) is 6.57. The second-order valence-corrected chi connectivity index (χ2v) is 9.72. The van der Waals surface area contributed by atoms with E-state index in [-0.39, 0.29) is 12.5 Å². The Morgan fingerprint density at radius 2 is 1.85 bits per heavy atom. The summed E-state index contributed by atoms with van der Waals surface area (Å²) in [5.74, 6) is 0.0999. The number of aliphatic hydroxyl groups is 1. The maximum Gasteiger partial charge on any atom is 0.235 e. The van der Waals surface area contributed by atoms with Gasteiger partial charge in [0.2, 0.25) is 5.91 Å². The van der Waals surface area contributed by atoms with Crippen LogP contribution in [0.4, 0.5) is 5.82 Å². The SMILES string of the molecule is N#Cc1c(SC(C(N)=O)c2ccccc2)nc(N2CCC(O)(CN)CC2)c(C#N)c1C1CC1. The summed E-state index contributed by atoms with van der Waals surface area (Å²) < 4.78 is 0. The minimum atomic E-state index is -0.919. The van der Waals surface area contributed by atoms with Gasteiger partial charge in [-0.1, -0.05) is 42.1 Å². The van der Waals surface area contributed by atoms with Crippen molar-refractivity contribution < 1.29 is 9.90 Å². The lowest BCUT2D eigenvalue weighted by Crippen LogP contribution is -2.49. The molecule has 1 atom stereocenters. The van der Waals surface area contributed by atoms with Crippen molar-refractivity contribution in [2.24, 2.45) is 11.5 Å². The molecule has 0 radical (unpaired) electrons. The summed E-state index contributed by atoms with van der Waals surface area (Å²) in [5.41, 5.74) is 12.7. The van der Waals surface area contributed by atoms with Gasteiger partial charge in [-0.05, 0) is 42.7 Å². The molecule has 9 heteroatoms. The molecule has 1 aromatic heterocycles. The quantitative estimate of drug-likeness (QED) is 0.530. The Hall–Kier alpha value is -3.11. The molecule has 2 heterocycles. The van der Waals surface area contributed by atoms with Crippen LogP contribution in [0.5, 0.6) is 0 Å². The van der Waals surface area contributed by atoms with Gasteiger partial charge in [-0.3, -0.25) is 4.79 Å². The Morgan fingerprint density at radius 1 is 1.21 bits per heavy atom. The number of carbonyl (C=O) groups excluding carboxylic acids is 1. The minimum absolute atomic E-state index is 0.130. The number of thioether (sulfide) groups is 1. The van der Waals surface area contributed by atoms with Gasteiger partial charge in [0.15, 0.2) is 0 Å². The third-order valence-electron chi connectivity index (χ3n) is 6.36. The van der Waals surface area contributed by atoms with E-state index in [1.165, 1.54) is 0 Å². The monoisotopic (exact) mass is 462 g/mol. The summed E-state index contributed by atoms with van der Waals surface area (Å²) in [4.78, 5) is 19.1. The average Bonchev–Trinajstić information content (AvgIpc) is 3.67. The highest BCUT2D eigenvalue weighted by Crippen LogP contribution is 2.48. The molecule has 4 rings (SSSR count). The number of hydrogen-bond donors (Lipinski definition) is 3. The molecule has 0 spiro atoms. The lowest BCUT2D eigenvalue weighted by Gasteiger charge is -2.38. The van der Waals surface area contributed by atoms with E-state index in [4.69, 9.17) is 16.5 Å². The number of benzene rings is 1. The lowest BCUT2D eigenvalue weighted by molar-refractivity contribution is -0.117. The molecule has 2 aliphatic rings. The molecule has 8 nitrogen and oxygen atoms in total. The van der Waals surface area contributed by atoms with Gasteiger partial charge >= 0.3 is 0 Å². The van der Waals surface area contributed by atoms with Gasteiger partial charge in [-0.15, -0.1) is 0 Å². The Bertz CT molecular complexity index is 1130. The second kappa shape index (κ2) is 9.40. The number of hydrogen-bond acceptors (Lipinski definition) is 8. The first-order chi connectivity index (χ1) is 15.9. The number of nitrogens with zero attached hydrogens (tertiary/aromatic N) is 4. The van der Waals surface area contributed by atoms with Crippen molar-refractivity contribution in [1.29, 1.82) is 10.5 Å². The van der Waals surface area contributed by atoms with Crippen molar-refractivity contribution in [2.45, 2.75) is 47.5 Å². The van der Waals surface area contributed by atoms with Crippen molar-refractivity contribution in [1.82, 2.24) is 4.98 Å². The topological polar surface area (TPSA) is 153 Å². The maximum atomic E-state index is 12.3. The first-order valence-corrected chi connectivity index (χ1v) is 11.8. The second-order valence-electron chi connectivity index (χ2n) is 8.63. The zero-order valence-electron chi connectivity index (χ0n) is 18.2. The van der Waals surface area contributed by atoms with Crippen LogP contribution in [-0.2, 0) is 4.79 Å². The number of rotatable bonds is 7. The van der Waals surface area contributed by atoms with Crippen molar-refractivity contribution in [2.75, 3.05) is 24.5 Å². The maximum absolute atomic E-state index is 12.3. The normalized spacial score (nSPS) is 18.2. The number of amides is 1. The molecular weight excluding hydrogens is 436 g/mol. The largest absolute Gasteiger partial charge is 0.388 e. The number of aromatic nitrogens is 1. The molecule has 1 aliphatic carbocycles. The summed E-state index contributed by atoms with van der Waals surface area (Å²) in [7, 11) is 0. The Labute approximate surface area is 197 Å². The average molecular weight is 463 g/mol. The summed E-state index contributed by atoms with van der Waals surface area (Å²) in [6, 6.07) is 13.7. The fourth-order valence-electron chi connectivity index (χ4n) is 4.25. The summed E-state index contributed by atoms with van der Waals surface area (Å²) in [6.45, 7) is 1.17. The van der Waals surface area contributed by atoms with Crippen LogP contribution in [0.15, 0.2) is 35.4 Å². The van der Waals surface area contributed by atoms with Crippen LogP contribution in [0, 0.1) is 22.7 Å². The smallest absolute Gasteiger partial charge is 0.235 e. The number of piperidine rings is 1. The molecule has 1 aromatic carbocycles. The molecule has 2 fully saturated rings. The van der Waals surface area contributed by atoms with E-state index in [1.807, 2.05) is 35.2 Å². The predicted octanol–water partition coefficient (Wildman–Crippen LogP) is 2.31. The minimum Gasteiger partial charge on any atom is -0.388 e. The van der Waals surface area contributed by atoms with E-state index in [2.05, 4.69) is 12.1 Å². The zero-order valence-corrected chi connectivity index (χ0v) is 19.0. The summed E-state index contributed by atoms with van der Waals surface area (Å²) in [5, 5.41) is 30.3. The van der Waals surface area contributed by atoms with Gasteiger partial charge in [0.1, 0.15) is 28.2 Å². The van der Waals surface area contributed by atoms with E-state index in [9.17, 15) is 20.4 Å². The van der Waals surface area contributed by atoms with Gasteiger partial charge in [0.25, 0.3) is 0 Å². The van der Waals surface area contributed by atoms with Crippen molar-refractivity contribution in [3.8, 4) is 12.1 Å². The third kappa shape index (κ3) is 4.67. The lowest BCUT2D eigenvalue weighted by atomic mass is 9.91. The number of carbonyl (C=O) groups is 1. The molecule has 1 unspecified atom stereocenters. The van der Waals surface area contributed by atoms with Gasteiger partial charge in [0, 0.05) is 19.6 Å². The molecular formula is C24H26N6O2S. The molecule has 5 N–H and O–H groups in total. The molecule has 0 bridgehead atoms. The molecule has 1 amide bonds. The highest BCUT2D eigenvalue weighted by molar-refractivity contribution is 8.00. The Balaban J connectivity index is 1.79. The third-order valence-corrected chi connectivity index (χ3v) is 7.62. The summed E-state index contributed by atoms with van der Waals surface area (Å²) >= 11 is 1.15. The number of primary amides is 1. The van der Waals surface area contributed by atoms with E-state index >= 15 is 0 Å². The number of nitrogens with two attached hydrogens (primary N) is 2. The molecule has 1 saturated carbocycles. The molecule has 2 aromatic rings. The van der Waals surface area contributed by atoms with Crippen LogP contribution in [0.25, 0.3) is 0 Å². The van der Waals surface area contributed by atoms with Crippen LogP contribution < -0.4 is 16.4 Å². The van der Waals surface area contributed by atoms with Crippen LogP contribution in [-0.4, -0.2) is 41.2 Å². The van der Waals surface area contributed by atoms with Crippen molar-refractivity contribution in [3.63, 3.8) is 0 Å². The van der Waals surface area contributed by atoms with E-state index < -0.39 is 16.8 Å². The van der Waals surface area contributed by atoms with Crippen LogP contribution in [0.1, 0.15) is 59.1 Å². The molecule has 1 aliphatic heterocycles. The van der Waals surface area contributed by atoms with Crippen molar-refractivity contribution in [3.05, 3.63) is 52.6 Å². The first kappa shape index (κ1) is 23.1. The molecule has 170 valence electrons. The number of pyridine rings is 1. The van der Waals surface area contributed by atoms with Crippen LogP contribution in [0.3, 0.4) is 0 Å². The van der Waals surface area contributed by atoms with Gasteiger partial charge < -0.3 is 21.5 Å². The Morgan fingerprint density at radius 3 is 2.36 bits per heavy atom. The van der Waals surface area contributed by atoms with E-state index in [0.717, 1.165) is 30.2 Å². The molecule has 33 heavy (non-hydrogen) atoms. The fraction of sp³-hybridized carbons (Fsp3) is 0.417. The zero-order chi connectivity index (χ0) is 23.6. The molecule has 1 saturated heterocycles. The first-order valence-electron chi connectivity index (χ1n) is 11.0.